The summed E-state index contributed by atoms with van der Waals surface area (Å²) in [7, 11) is 0.233. The van der Waals surface area contributed by atoms with Crippen molar-refractivity contribution in [1.29, 1.82) is 0 Å². The maximum atomic E-state index is 12.6. The summed E-state index contributed by atoms with van der Waals surface area (Å²) in [5.74, 6) is 0.871. The van der Waals surface area contributed by atoms with E-state index in [0.29, 0.717) is 0 Å². The van der Waals surface area contributed by atoms with E-state index in [1.807, 2.05) is 22.8 Å². The molecule has 2 heterocycles. The highest BCUT2D eigenvalue weighted by Crippen LogP contribution is 2.38. The fourth-order valence-corrected chi connectivity index (χ4v) is 4.40. The summed E-state index contributed by atoms with van der Waals surface area (Å²) in [5.41, 5.74) is 1.84. The van der Waals surface area contributed by atoms with Crippen LogP contribution in [-0.4, -0.2) is 43.2 Å². The van der Waals surface area contributed by atoms with Gasteiger partial charge in [0, 0.05) is 12.1 Å². The van der Waals surface area contributed by atoms with Crippen molar-refractivity contribution < 1.29 is 4.43 Å². The number of rotatable bonds is 4. The molecule has 1 N–H and O–H groups in total. The average molecular weight is 372 g/mol. The first-order valence-electron chi connectivity index (χ1n) is 9.59. The van der Waals surface area contributed by atoms with Gasteiger partial charge in [-0.1, -0.05) is 27.6 Å². The van der Waals surface area contributed by atoms with Gasteiger partial charge >= 0.3 is 5.69 Å². The Morgan fingerprint density at radius 2 is 1.88 bits per heavy atom. The third-order valence-electron chi connectivity index (χ3n) is 6.10. The zero-order chi connectivity index (χ0) is 19.1. The topological polar surface area (TPSA) is 50.3 Å². The van der Waals surface area contributed by atoms with E-state index in [-0.39, 0.29) is 16.8 Å². The molecule has 0 aliphatic carbocycles. The summed E-state index contributed by atoms with van der Waals surface area (Å²) >= 11 is 0. The van der Waals surface area contributed by atoms with Crippen LogP contribution >= 0.6 is 0 Å². The van der Waals surface area contributed by atoms with Crippen molar-refractivity contribution in [1.82, 2.24) is 14.4 Å². The molecule has 1 fully saturated rings. The molecular weight excluding hydrogens is 341 g/mol. The van der Waals surface area contributed by atoms with Crippen LogP contribution in [0.15, 0.2) is 23.0 Å². The standard InChI is InChI=1S/C19H31BN3O2Si/c1-19(2,3)26(5,6)25-15-7-8-16-17(13-15)23(18(24)21-16)14-9-11-22(20-4)12-10-14/h7-8,13-14H,9-12H2,1-6H3,(H,21,24). The molecular formula is C19H31BN3O2Si. The van der Waals surface area contributed by atoms with E-state index in [1.165, 1.54) is 0 Å². The van der Waals surface area contributed by atoms with Crippen LogP contribution in [0, 0.1) is 0 Å². The first-order valence-corrected chi connectivity index (χ1v) is 12.5. The summed E-state index contributed by atoms with van der Waals surface area (Å²) in [5, 5.41) is 0.142. The van der Waals surface area contributed by atoms with Crippen LogP contribution in [0.3, 0.4) is 0 Å². The van der Waals surface area contributed by atoms with Gasteiger partial charge in [-0.05, 0) is 56.2 Å². The van der Waals surface area contributed by atoms with Crippen LogP contribution in [0.5, 0.6) is 5.75 Å². The van der Waals surface area contributed by atoms with Gasteiger partial charge < -0.3 is 14.2 Å². The van der Waals surface area contributed by atoms with Gasteiger partial charge in [-0.15, -0.1) is 0 Å². The molecule has 7 heteroatoms. The third-order valence-corrected chi connectivity index (χ3v) is 10.5. The highest BCUT2D eigenvalue weighted by Gasteiger charge is 2.39. The van der Waals surface area contributed by atoms with E-state index in [4.69, 9.17) is 4.43 Å². The highest BCUT2D eigenvalue weighted by molar-refractivity contribution is 6.74. The molecule has 1 aliphatic rings. The molecule has 0 atom stereocenters. The fourth-order valence-electron chi connectivity index (χ4n) is 3.38. The molecule has 1 aromatic carbocycles. The molecule has 141 valence electrons. The number of hydrogen-bond donors (Lipinski definition) is 1. The minimum atomic E-state index is -1.91. The van der Waals surface area contributed by atoms with Crippen molar-refractivity contribution in [2.75, 3.05) is 13.1 Å². The summed E-state index contributed by atoms with van der Waals surface area (Å²) < 4.78 is 8.40. The molecule has 0 amide bonds. The summed E-state index contributed by atoms with van der Waals surface area (Å²) in [4.78, 5) is 17.9. The Hall–Kier alpha value is -1.47. The van der Waals surface area contributed by atoms with Crippen molar-refractivity contribution in [2.24, 2.45) is 0 Å². The van der Waals surface area contributed by atoms with Crippen molar-refractivity contribution in [3.63, 3.8) is 0 Å². The van der Waals surface area contributed by atoms with Crippen molar-refractivity contribution >= 4 is 26.8 Å². The van der Waals surface area contributed by atoms with E-state index in [9.17, 15) is 4.79 Å². The van der Waals surface area contributed by atoms with Gasteiger partial charge in [0.15, 0.2) is 0 Å². The summed E-state index contributed by atoms with van der Waals surface area (Å²) in [6, 6.07) is 6.25. The maximum absolute atomic E-state index is 12.6. The lowest BCUT2D eigenvalue weighted by Crippen LogP contribution is -2.43. The van der Waals surface area contributed by atoms with Crippen molar-refractivity contribution in [3.8, 4) is 5.75 Å². The predicted octanol–water partition coefficient (Wildman–Crippen LogP) is 4.02. The second-order valence-electron chi connectivity index (χ2n) is 8.87. The largest absolute Gasteiger partial charge is 0.543 e. The molecule has 0 spiro atoms. The van der Waals surface area contributed by atoms with Gasteiger partial charge in [0.2, 0.25) is 15.7 Å². The normalized spacial score (nSPS) is 17.6. The molecule has 1 aliphatic heterocycles. The average Bonchev–Trinajstić information content (AvgIpc) is 2.89. The molecule has 5 nitrogen and oxygen atoms in total. The molecule has 26 heavy (non-hydrogen) atoms. The molecule has 1 radical (unpaired) electrons. The van der Waals surface area contributed by atoms with Gasteiger partial charge in [0.05, 0.1) is 11.0 Å². The Kier molecular flexibility index (Phi) is 5.14. The fraction of sp³-hybridized carbons (Fsp3) is 0.632. The van der Waals surface area contributed by atoms with E-state index in [0.717, 1.165) is 42.7 Å². The van der Waals surface area contributed by atoms with Gasteiger partial charge in [-0.2, -0.15) is 0 Å². The van der Waals surface area contributed by atoms with Crippen LogP contribution < -0.4 is 10.1 Å². The highest BCUT2D eigenvalue weighted by atomic mass is 28.4. The molecule has 0 unspecified atom stereocenters. The maximum Gasteiger partial charge on any atom is 0.326 e. The number of H-pyrrole nitrogens is 1. The molecule has 1 aromatic heterocycles. The number of nitrogens with one attached hydrogen (secondary N) is 1. The van der Waals surface area contributed by atoms with Gasteiger partial charge in [-0.3, -0.25) is 4.57 Å². The minimum absolute atomic E-state index is 0.0107. The Bertz CT molecular complexity index is 829. The number of piperidine rings is 1. The van der Waals surface area contributed by atoms with Gasteiger partial charge in [-0.25, -0.2) is 4.79 Å². The van der Waals surface area contributed by atoms with Gasteiger partial charge in [0.25, 0.3) is 0 Å². The molecule has 0 saturated carbocycles. The lowest BCUT2D eigenvalue weighted by atomic mass is 9.90. The first kappa shape index (κ1) is 19.3. The quantitative estimate of drug-likeness (QED) is 0.825. The molecule has 1 saturated heterocycles. The Balaban J connectivity index is 1.93. The number of imidazole rings is 1. The number of benzene rings is 1. The molecule has 3 rings (SSSR count). The lowest BCUT2D eigenvalue weighted by Gasteiger charge is -2.36. The molecule has 0 bridgehead atoms. The van der Waals surface area contributed by atoms with Crippen LogP contribution in [0.25, 0.3) is 11.0 Å². The monoisotopic (exact) mass is 372 g/mol. The minimum Gasteiger partial charge on any atom is -0.543 e. The van der Waals surface area contributed by atoms with Crippen LogP contribution in [0.1, 0.15) is 39.7 Å². The van der Waals surface area contributed by atoms with E-state index in [2.05, 4.69) is 57.9 Å². The smallest absolute Gasteiger partial charge is 0.326 e. The predicted molar refractivity (Wildman–Crippen MR) is 112 cm³/mol. The first-order chi connectivity index (χ1) is 12.1. The van der Waals surface area contributed by atoms with E-state index >= 15 is 0 Å². The second kappa shape index (κ2) is 6.93. The Morgan fingerprint density at radius 3 is 2.46 bits per heavy atom. The van der Waals surface area contributed by atoms with Crippen LogP contribution in [-0.2, 0) is 0 Å². The van der Waals surface area contributed by atoms with Gasteiger partial charge in [0.1, 0.15) is 5.75 Å². The van der Waals surface area contributed by atoms with Crippen molar-refractivity contribution in [3.05, 3.63) is 28.7 Å². The Morgan fingerprint density at radius 1 is 1.23 bits per heavy atom. The van der Waals surface area contributed by atoms with E-state index in [1.54, 1.807) is 0 Å². The Labute approximate surface area is 158 Å². The zero-order valence-electron chi connectivity index (χ0n) is 16.9. The number of fused-ring (bicyclic) bond motifs is 1. The summed E-state index contributed by atoms with van der Waals surface area (Å²) in [6.45, 7) is 15.3. The van der Waals surface area contributed by atoms with E-state index < -0.39 is 8.32 Å². The second-order valence-corrected chi connectivity index (χ2v) is 13.6. The number of aromatic nitrogens is 2. The number of hydrogen-bond acceptors (Lipinski definition) is 3. The van der Waals surface area contributed by atoms with Crippen molar-refractivity contribution in [2.45, 2.75) is 64.6 Å². The molecule has 2 aromatic rings. The van der Waals surface area contributed by atoms with Crippen LogP contribution in [0.2, 0.25) is 25.0 Å². The summed E-state index contributed by atoms with van der Waals surface area (Å²) in [6.07, 6.45) is 1.98. The number of nitrogens with zero attached hydrogens (tertiary/aromatic N) is 2. The van der Waals surface area contributed by atoms with Crippen LogP contribution in [0.4, 0.5) is 0 Å². The zero-order valence-corrected chi connectivity index (χ0v) is 17.9. The SMILES string of the molecule is C[B]N1CCC(n2c(=O)[nH]c3ccc(O[Si](C)(C)C(C)(C)C)cc32)CC1. The lowest BCUT2D eigenvalue weighted by molar-refractivity contribution is 0.279. The third kappa shape index (κ3) is 3.65. The number of aromatic amines is 1.